The number of para-hydroxylation sites is 3. The Morgan fingerprint density at radius 3 is 2.62 bits per heavy atom. The van der Waals surface area contributed by atoms with Crippen LogP contribution in [0.2, 0.25) is 0 Å². The monoisotopic (exact) mass is 328 g/mol. The summed E-state index contributed by atoms with van der Waals surface area (Å²) in [4.78, 5) is 14.1. The zero-order valence-electron chi connectivity index (χ0n) is 14.0. The van der Waals surface area contributed by atoms with Gasteiger partial charge in [0.2, 0.25) is 0 Å². The zero-order valence-corrected chi connectivity index (χ0v) is 14.0. The van der Waals surface area contributed by atoms with E-state index in [9.17, 15) is 4.79 Å². The van der Waals surface area contributed by atoms with E-state index in [0.717, 1.165) is 11.1 Å². The highest BCUT2D eigenvalue weighted by Gasteiger charge is 2.14. The van der Waals surface area contributed by atoms with Crippen molar-refractivity contribution >= 4 is 11.1 Å². The molecule has 3 aromatic rings. The molecular formula is C18H20N2O4. The lowest BCUT2D eigenvalue weighted by Crippen LogP contribution is -2.27. The van der Waals surface area contributed by atoms with Crippen LogP contribution in [0.15, 0.2) is 51.7 Å². The SMILES string of the molecule is COc1cccc(CN(C)Cn2c(=O)oc3ccccc32)c1OC. The second-order valence-electron chi connectivity index (χ2n) is 5.57. The lowest BCUT2D eigenvalue weighted by atomic mass is 10.1. The van der Waals surface area contributed by atoms with E-state index in [2.05, 4.69) is 0 Å². The fourth-order valence-corrected chi connectivity index (χ4v) is 2.81. The highest BCUT2D eigenvalue weighted by molar-refractivity contribution is 5.72. The molecular weight excluding hydrogens is 308 g/mol. The normalized spacial score (nSPS) is 11.2. The summed E-state index contributed by atoms with van der Waals surface area (Å²) < 4.78 is 17.7. The van der Waals surface area contributed by atoms with E-state index in [-0.39, 0.29) is 5.76 Å². The summed E-state index contributed by atoms with van der Waals surface area (Å²) >= 11 is 0. The van der Waals surface area contributed by atoms with Crippen LogP contribution in [0.25, 0.3) is 11.1 Å². The minimum absolute atomic E-state index is 0.361. The molecule has 0 fully saturated rings. The molecule has 0 unspecified atom stereocenters. The lowest BCUT2D eigenvalue weighted by Gasteiger charge is -2.19. The summed E-state index contributed by atoms with van der Waals surface area (Å²) in [6.07, 6.45) is 0. The van der Waals surface area contributed by atoms with Crippen molar-refractivity contribution in [1.29, 1.82) is 0 Å². The van der Waals surface area contributed by atoms with Crippen molar-refractivity contribution < 1.29 is 13.9 Å². The Bertz CT molecular complexity index is 897. The summed E-state index contributed by atoms with van der Waals surface area (Å²) in [5.41, 5.74) is 2.36. The Morgan fingerprint density at radius 2 is 1.88 bits per heavy atom. The largest absolute Gasteiger partial charge is 0.493 e. The first-order valence-corrected chi connectivity index (χ1v) is 7.61. The molecule has 3 rings (SSSR count). The molecule has 0 spiro atoms. The summed E-state index contributed by atoms with van der Waals surface area (Å²) in [5.74, 6) is 1.03. The van der Waals surface area contributed by atoms with Gasteiger partial charge in [-0.2, -0.15) is 0 Å². The molecule has 6 nitrogen and oxygen atoms in total. The van der Waals surface area contributed by atoms with Crippen molar-refractivity contribution in [1.82, 2.24) is 9.47 Å². The number of fused-ring (bicyclic) bond motifs is 1. The molecule has 0 bridgehead atoms. The standard InChI is InChI=1S/C18H20N2O4/c1-19(11-13-7-6-10-16(22-2)17(13)23-3)12-20-14-8-4-5-9-15(14)24-18(20)21/h4-10H,11-12H2,1-3H3. The molecule has 6 heteroatoms. The second kappa shape index (κ2) is 6.80. The van der Waals surface area contributed by atoms with Gasteiger partial charge in [-0.3, -0.25) is 9.47 Å². The molecule has 0 aliphatic heterocycles. The zero-order chi connectivity index (χ0) is 17.1. The van der Waals surface area contributed by atoms with Crippen LogP contribution in [0.3, 0.4) is 0 Å². The van der Waals surface area contributed by atoms with Crippen molar-refractivity contribution in [3.8, 4) is 11.5 Å². The number of methoxy groups -OCH3 is 2. The molecule has 1 heterocycles. The molecule has 24 heavy (non-hydrogen) atoms. The molecule has 1 aromatic heterocycles. The molecule has 0 N–H and O–H groups in total. The van der Waals surface area contributed by atoms with E-state index < -0.39 is 0 Å². The number of aromatic nitrogens is 1. The third-order valence-electron chi connectivity index (χ3n) is 3.88. The van der Waals surface area contributed by atoms with E-state index in [1.165, 1.54) is 0 Å². The maximum atomic E-state index is 12.1. The van der Waals surface area contributed by atoms with Gasteiger partial charge in [0.15, 0.2) is 17.1 Å². The van der Waals surface area contributed by atoms with Gasteiger partial charge in [0, 0.05) is 12.1 Å². The Balaban J connectivity index is 1.85. The van der Waals surface area contributed by atoms with Gasteiger partial charge < -0.3 is 13.9 Å². The minimum Gasteiger partial charge on any atom is -0.493 e. The van der Waals surface area contributed by atoms with Crippen molar-refractivity contribution in [2.24, 2.45) is 0 Å². The van der Waals surface area contributed by atoms with Gasteiger partial charge in [-0.25, -0.2) is 4.79 Å². The van der Waals surface area contributed by atoms with Gasteiger partial charge in [0.05, 0.1) is 26.4 Å². The number of nitrogens with zero attached hydrogens (tertiary/aromatic N) is 2. The lowest BCUT2D eigenvalue weighted by molar-refractivity contribution is 0.248. The van der Waals surface area contributed by atoms with Crippen molar-refractivity contribution in [2.45, 2.75) is 13.2 Å². The Morgan fingerprint density at radius 1 is 1.08 bits per heavy atom. The van der Waals surface area contributed by atoms with Crippen molar-refractivity contribution in [3.05, 3.63) is 58.6 Å². The van der Waals surface area contributed by atoms with E-state index in [1.54, 1.807) is 24.9 Å². The predicted octanol–water partition coefficient (Wildman–Crippen LogP) is 2.70. The van der Waals surface area contributed by atoms with Gasteiger partial charge in [0.25, 0.3) is 0 Å². The maximum Gasteiger partial charge on any atom is 0.421 e. The summed E-state index contributed by atoms with van der Waals surface area (Å²) in [6, 6.07) is 13.2. The molecule has 0 atom stereocenters. The fourth-order valence-electron chi connectivity index (χ4n) is 2.81. The Labute approximate surface area is 139 Å². The summed E-state index contributed by atoms with van der Waals surface area (Å²) in [7, 11) is 5.17. The highest BCUT2D eigenvalue weighted by Crippen LogP contribution is 2.31. The number of benzene rings is 2. The first kappa shape index (κ1) is 16.1. The quantitative estimate of drug-likeness (QED) is 0.696. The fraction of sp³-hybridized carbons (Fsp3) is 0.278. The van der Waals surface area contributed by atoms with Crippen LogP contribution < -0.4 is 15.2 Å². The van der Waals surface area contributed by atoms with E-state index in [0.29, 0.717) is 30.3 Å². The van der Waals surface area contributed by atoms with E-state index >= 15 is 0 Å². The number of oxazole rings is 1. The average Bonchev–Trinajstić information content (AvgIpc) is 2.90. The third-order valence-corrected chi connectivity index (χ3v) is 3.88. The average molecular weight is 328 g/mol. The van der Waals surface area contributed by atoms with Crippen molar-refractivity contribution in [2.75, 3.05) is 21.3 Å². The van der Waals surface area contributed by atoms with Crippen LogP contribution in [-0.4, -0.2) is 30.7 Å². The smallest absolute Gasteiger partial charge is 0.421 e. The second-order valence-corrected chi connectivity index (χ2v) is 5.57. The van der Waals surface area contributed by atoms with E-state index in [1.807, 2.05) is 48.3 Å². The number of rotatable bonds is 6. The number of hydrogen-bond acceptors (Lipinski definition) is 5. The predicted molar refractivity (Wildman–Crippen MR) is 91.5 cm³/mol. The summed E-state index contributed by atoms with van der Waals surface area (Å²) in [6.45, 7) is 1.02. The molecule has 0 aliphatic carbocycles. The molecule has 0 saturated heterocycles. The number of hydrogen-bond donors (Lipinski definition) is 0. The topological polar surface area (TPSA) is 56.8 Å². The Kier molecular flexibility index (Phi) is 4.57. The number of ether oxygens (including phenoxy) is 2. The first-order chi connectivity index (χ1) is 11.6. The molecule has 0 aliphatic rings. The first-order valence-electron chi connectivity index (χ1n) is 7.61. The maximum absolute atomic E-state index is 12.1. The van der Waals surface area contributed by atoms with Crippen LogP contribution in [0.1, 0.15) is 5.56 Å². The van der Waals surface area contributed by atoms with Gasteiger partial charge in [-0.1, -0.05) is 24.3 Å². The van der Waals surface area contributed by atoms with Crippen molar-refractivity contribution in [3.63, 3.8) is 0 Å². The molecule has 2 aromatic carbocycles. The van der Waals surface area contributed by atoms with Gasteiger partial charge >= 0.3 is 5.76 Å². The van der Waals surface area contributed by atoms with Gasteiger partial charge in [-0.05, 0) is 25.2 Å². The van der Waals surface area contributed by atoms with E-state index in [4.69, 9.17) is 13.9 Å². The Hall–Kier alpha value is -2.73. The highest BCUT2D eigenvalue weighted by atomic mass is 16.5. The van der Waals surface area contributed by atoms with Gasteiger partial charge in [0.1, 0.15) is 0 Å². The van der Waals surface area contributed by atoms with Gasteiger partial charge in [-0.15, -0.1) is 0 Å². The summed E-state index contributed by atoms with van der Waals surface area (Å²) in [5, 5.41) is 0. The van der Waals surface area contributed by atoms with Crippen LogP contribution in [0.5, 0.6) is 11.5 Å². The third kappa shape index (κ3) is 3.00. The molecule has 0 amide bonds. The van der Waals surface area contributed by atoms with Crippen LogP contribution in [0.4, 0.5) is 0 Å². The van der Waals surface area contributed by atoms with Crippen LogP contribution in [0, 0.1) is 0 Å². The molecule has 0 saturated carbocycles. The van der Waals surface area contributed by atoms with Crippen LogP contribution >= 0.6 is 0 Å². The minimum atomic E-state index is -0.361. The molecule has 126 valence electrons. The van der Waals surface area contributed by atoms with Crippen LogP contribution in [-0.2, 0) is 13.2 Å². The molecule has 0 radical (unpaired) electrons.